The summed E-state index contributed by atoms with van der Waals surface area (Å²) < 4.78 is 61.1. The van der Waals surface area contributed by atoms with Crippen LogP contribution in [0.5, 0.6) is 23.0 Å². The SMILES string of the molecule is COc1ccc(C2c3cc(OCCc4ccc(OC)c(N)c4)c(OC)cc3CCN2C(=O)NCC(F)(F)F)c(C)c1. The number of methoxy groups -OCH3 is 3. The summed E-state index contributed by atoms with van der Waals surface area (Å²) >= 11 is 0. The fourth-order valence-corrected chi connectivity index (χ4v) is 5.03. The number of carbonyl (C=O) groups is 1. The summed E-state index contributed by atoms with van der Waals surface area (Å²) in [5.74, 6) is 2.21. The van der Waals surface area contributed by atoms with Crippen molar-refractivity contribution in [2.75, 3.05) is 46.8 Å². The molecule has 1 aliphatic heterocycles. The van der Waals surface area contributed by atoms with Crippen molar-refractivity contribution in [2.45, 2.75) is 32.0 Å². The van der Waals surface area contributed by atoms with Crippen LogP contribution in [0.2, 0.25) is 0 Å². The Morgan fingerprint density at radius 1 is 0.976 bits per heavy atom. The Kier molecular flexibility index (Phi) is 9.05. The third kappa shape index (κ3) is 6.90. The Morgan fingerprint density at radius 3 is 2.37 bits per heavy atom. The van der Waals surface area contributed by atoms with Gasteiger partial charge in [0.25, 0.3) is 0 Å². The van der Waals surface area contributed by atoms with Crippen LogP contribution in [0.1, 0.15) is 33.9 Å². The van der Waals surface area contributed by atoms with Crippen molar-refractivity contribution < 1.29 is 36.9 Å². The van der Waals surface area contributed by atoms with Gasteiger partial charge in [-0.3, -0.25) is 0 Å². The van der Waals surface area contributed by atoms with Crippen LogP contribution in [0, 0.1) is 6.92 Å². The molecule has 220 valence electrons. The third-order valence-corrected chi connectivity index (χ3v) is 7.07. The van der Waals surface area contributed by atoms with Crippen LogP contribution >= 0.6 is 0 Å². The van der Waals surface area contributed by atoms with Gasteiger partial charge < -0.3 is 34.9 Å². The molecular weight excluding hydrogens is 539 g/mol. The predicted molar refractivity (Wildman–Crippen MR) is 149 cm³/mol. The average molecular weight is 574 g/mol. The number of nitrogens with one attached hydrogen (secondary N) is 1. The largest absolute Gasteiger partial charge is 0.497 e. The highest BCUT2D eigenvalue weighted by atomic mass is 19.4. The number of nitrogens with zero attached hydrogens (tertiary/aromatic N) is 1. The molecular formula is C30H34F3N3O5. The molecule has 4 rings (SSSR count). The molecule has 8 nitrogen and oxygen atoms in total. The van der Waals surface area contributed by atoms with E-state index in [1.807, 2.05) is 48.6 Å². The Balaban J connectivity index is 1.68. The number of aryl methyl sites for hydroxylation is 1. The highest BCUT2D eigenvalue weighted by molar-refractivity contribution is 5.76. The topological polar surface area (TPSA) is 95.3 Å². The van der Waals surface area contributed by atoms with E-state index in [4.69, 9.17) is 24.7 Å². The standard InChI is InChI=1S/C30H34F3N3O5/c1-18-13-21(38-2)6-7-22(18)28-23-16-27(41-12-10-19-5-8-25(39-3)24(34)14-19)26(40-4)15-20(23)9-11-36(28)29(37)35-17-30(31,32)33/h5-8,13-16,28H,9-12,17,34H2,1-4H3,(H,35,37). The van der Waals surface area contributed by atoms with Gasteiger partial charge in [0.1, 0.15) is 18.0 Å². The van der Waals surface area contributed by atoms with Crippen LogP contribution < -0.4 is 30.0 Å². The van der Waals surface area contributed by atoms with Gasteiger partial charge in [0.2, 0.25) is 0 Å². The summed E-state index contributed by atoms with van der Waals surface area (Å²) in [5.41, 5.74) is 10.8. The number of rotatable bonds is 9. The minimum absolute atomic E-state index is 0.217. The van der Waals surface area contributed by atoms with Gasteiger partial charge in [0.15, 0.2) is 11.5 Å². The molecule has 2 amide bonds. The summed E-state index contributed by atoms with van der Waals surface area (Å²) in [6.45, 7) is 0.980. The number of fused-ring (bicyclic) bond motifs is 1. The summed E-state index contributed by atoms with van der Waals surface area (Å²) in [6.07, 6.45) is -3.54. The fraction of sp³-hybridized carbons (Fsp3) is 0.367. The highest BCUT2D eigenvalue weighted by Gasteiger charge is 2.36. The smallest absolute Gasteiger partial charge is 0.405 e. The van der Waals surface area contributed by atoms with E-state index in [0.29, 0.717) is 48.1 Å². The molecule has 1 atom stereocenters. The summed E-state index contributed by atoms with van der Waals surface area (Å²) in [7, 11) is 4.65. The second kappa shape index (κ2) is 12.5. The predicted octanol–water partition coefficient (Wildman–Crippen LogP) is 5.44. The second-order valence-corrected chi connectivity index (χ2v) is 9.72. The molecule has 0 bridgehead atoms. The van der Waals surface area contributed by atoms with E-state index in [1.165, 1.54) is 4.90 Å². The molecule has 3 aromatic rings. The van der Waals surface area contributed by atoms with Gasteiger partial charge >= 0.3 is 12.2 Å². The number of amides is 2. The lowest BCUT2D eigenvalue weighted by molar-refractivity contribution is -0.123. The molecule has 0 saturated heterocycles. The molecule has 3 aromatic carbocycles. The van der Waals surface area contributed by atoms with Gasteiger partial charge in [-0.25, -0.2) is 4.79 Å². The Labute approximate surface area is 237 Å². The maximum atomic E-state index is 13.1. The molecule has 0 aromatic heterocycles. The van der Waals surface area contributed by atoms with E-state index in [2.05, 4.69) is 0 Å². The Morgan fingerprint density at radius 2 is 1.73 bits per heavy atom. The number of nitrogens with two attached hydrogens (primary N) is 1. The van der Waals surface area contributed by atoms with Gasteiger partial charge in [-0.05, 0) is 77.6 Å². The van der Waals surface area contributed by atoms with Gasteiger partial charge in [-0.2, -0.15) is 13.2 Å². The van der Waals surface area contributed by atoms with Gasteiger partial charge in [-0.15, -0.1) is 0 Å². The number of alkyl halides is 3. The van der Waals surface area contributed by atoms with Gasteiger partial charge in [0, 0.05) is 13.0 Å². The maximum Gasteiger partial charge on any atom is 0.405 e. The van der Waals surface area contributed by atoms with Crippen molar-refractivity contribution >= 4 is 11.7 Å². The normalized spacial score (nSPS) is 14.7. The molecule has 0 saturated carbocycles. The number of hydrogen-bond acceptors (Lipinski definition) is 6. The van der Waals surface area contributed by atoms with Gasteiger partial charge in [0.05, 0.1) is 39.7 Å². The number of hydrogen-bond donors (Lipinski definition) is 2. The van der Waals surface area contributed by atoms with Crippen molar-refractivity contribution in [2.24, 2.45) is 0 Å². The van der Waals surface area contributed by atoms with E-state index in [0.717, 1.165) is 27.8 Å². The first-order valence-corrected chi connectivity index (χ1v) is 13.1. The van der Waals surface area contributed by atoms with Crippen LogP contribution in [0.4, 0.5) is 23.7 Å². The molecule has 0 spiro atoms. The molecule has 41 heavy (non-hydrogen) atoms. The van der Waals surface area contributed by atoms with E-state index in [9.17, 15) is 18.0 Å². The monoisotopic (exact) mass is 573 g/mol. The first kappa shape index (κ1) is 29.7. The lowest BCUT2D eigenvalue weighted by Crippen LogP contribution is -2.48. The minimum atomic E-state index is -4.53. The molecule has 1 aliphatic rings. The average Bonchev–Trinajstić information content (AvgIpc) is 2.94. The van der Waals surface area contributed by atoms with Gasteiger partial charge in [-0.1, -0.05) is 12.1 Å². The summed E-state index contributed by atoms with van der Waals surface area (Å²) in [6, 6.07) is 13.2. The van der Waals surface area contributed by atoms with E-state index >= 15 is 0 Å². The van der Waals surface area contributed by atoms with E-state index in [-0.39, 0.29) is 6.54 Å². The Bertz CT molecular complexity index is 1400. The molecule has 3 N–H and O–H groups in total. The number of benzene rings is 3. The number of nitrogen functional groups attached to an aromatic ring is 1. The summed E-state index contributed by atoms with van der Waals surface area (Å²) in [5, 5.41) is 2.03. The van der Waals surface area contributed by atoms with Crippen molar-refractivity contribution in [3.8, 4) is 23.0 Å². The van der Waals surface area contributed by atoms with Crippen LogP contribution in [0.25, 0.3) is 0 Å². The summed E-state index contributed by atoms with van der Waals surface area (Å²) in [4.78, 5) is 14.5. The number of anilines is 1. The molecule has 1 heterocycles. The molecule has 11 heteroatoms. The van der Waals surface area contributed by atoms with Crippen LogP contribution in [-0.4, -0.2) is 58.1 Å². The highest BCUT2D eigenvalue weighted by Crippen LogP contribution is 2.42. The first-order chi connectivity index (χ1) is 19.5. The zero-order valence-electron chi connectivity index (χ0n) is 23.4. The molecule has 0 radical (unpaired) electrons. The van der Waals surface area contributed by atoms with Crippen molar-refractivity contribution in [3.05, 3.63) is 76.3 Å². The zero-order chi connectivity index (χ0) is 29.7. The molecule has 1 unspecified atom stereocenters. The van der Waals surface area contributed by atoms with E-state index < -0.39 is 24.8 Å². The van der Waals surface area contributed by atoms with Crippen LogP contribution in [-0.2, 0) is 12.8 Å². The number of urea groups is 1. The number of halogens is 3. The lowest BCUT2D eigenvalue weighted by atomic mass is 9.86. The van der Waals surface area contributed by atoms with Crippen LogP contribution in [0.15, 0.2) is 48.5 Å². The Hall–Kier alpha value is -4.28. The van der Waals surface area contributed by atoms with E-state index in [1.54, 1.807) is 33.5 Å². The molecule has 0 fully saturated rings. The number of ether oxygens (including phenoxy) is 4. The van der Waals surface area contributed by atoms with Crippen molar-refractivity contribution in [1.82, 2.24) is 10.2 Å². The minimum Gasteiger partial charge on any atom is -0.497 e. The van der Waals surface area contributed by atoms with Crippen molar-refractivity contribution in [3.63, 3.8) is 0 Å². The molecule has 0 aliphatic carbocycles. The first-order valence-electron chi connectivity index (χ1n) is 13.1. The van der Waals surface area contributed by atoms with Crippen LogP contribution in [0.3, 0.4) is 0 Å². The second-order valence-electron chi connectivity index (χ2n) is 9.72. The lowest BCUT2D eigenvalue weighted by Gasteiger charge is -2.39. The third-order valence-electron chi connectivity index (χ3n) is 7.07. The maximum absolute atomic E-state index is 13.1. The number of carbonyl (C=O) groups excluding carboxylic acids is 1. The fourth-order valence-electron chi connectivity index (χ4n) is 5.03. The quantitative estimate of drug-likeness (QED) is 0.331. The zero-order valence-corrected chi connectivity index (χ0v) is 23.4. The van der Waals surface area contributed by atoms with Crippen molar-refractivity contribution in [1.29, 1.82) is 0 Å².